The molecule has 1 unspecified atom stereocenters. The number of alkyl halides is 3. The van der Waals surface area contributed by atoms with Gasteiger partial charge in [0.2, 0.25) is 0 Å². The van der Waals surface area contributed by atoms with Crippen molar-refractivity contribution >= 4 is 0 Å². The van der Waals surface area contributed by atoms with Crippen molar-refractivity contribution in [3.8, 4) is 0 Å². The third kappa shape index (κ3) is 4.69. The molecule has 1 nitrogen and oxygen atoms in total. The average Bonchev–Trinajstić information content (AvgIpc) is 2.34. The molecule has 0 spiro atoms. The minimum Gasteiger partial charge on any atom is -0.310 e. The number of nitrogens with one attached hydrogen (secondary N) is 1. The Balaban J connectivity index is 2.53. The summed E-state index contributed by atoms with van der Waals surface area (Å²) < 4.78 is 37.1. The van der Waals surface area contributed by atoms with Gasteiger partial charge in [-0.15, -0.1) is 0 Å². The van der Waals surface area contributed by atoms with E-state index in [2.05, 4.69) is 19.2 Å². The molecule has 0 aliphatic carbocycles. The molecule has 0 radical (unpaired) electrons. The maximum atomic E-state index is 12.4. The summed E-state index contributed by atoms with van der Waals surface area (Å²) in [6.07, 6.45) is -1.01. The van der Waals surface area contributed by atoms with Crippen molar-refractivity contribution in [1.82, 2.24) is 5.32 Å². The van der Waals surface area contributed by atoms with Crippen molar-refractivity contribution in [3.05, 3.63) is 35.4 Å². The van der Waals surface area contributed by atoms with Gasteiger partial charge in [-0.3, -0.25) is 0 Å². The zero-order valence-electron chi connectivity index (χ0n) is 10.8. The molecule has 0 fully saturated rings. The third-order valence-corrected chi connectivity index (χ3v) is 3.01. The van der Waals surface area contributed by atoms with Gasteiger partial charge in [0.15, 0.2) is 0 Å². The highest BCUT2D eigenvalue weighted by Crippen LogP contribution is 2.29. The molecule has 102 valence electrons. The maximum absolute atomic E-state index is 12.4. The first-order chi connectivity index (χ1) is 8.47. The lowest BCUT2D eigenvalue weighted by molar-refractivity contribution is -0.137. The van der Waals surface area contributed by atoms with Crippen molar-refractivity contribution in [2.24, 2.45) is 0 Å². The van der Waals surface area contributed by atoms with Crippen LogP contribution < -0.4 is 5.32 Å². The van der Waals surface area contributed by atoms with Crippen LogP contribution in [0.25, 0.3) is 0 Å². The van der Waals surface area contributed by atoms with Crippen LogP contribution in [-0.2, 0) is 12.7 Å². The van der Waals surface area contributed by atoms with Crippen LogP contribution in [-0.4, -0.2) is 6.04 Å². The predicted molar refractivity (Wildman–Crippen MR) is 67.3 cm³/mol. The summed E-state index contributed by atoms with van der Waals surface area (Å²) in [5.41, 5.74) is 0.296. The lowest BCUT2D eigenvalue weighted by Gasteiger charge is -2.16. The summed E-state index contributed by atoms with van der Waals surface area (Å²) in [7, 11) is 0. The van der Waals surface area contributed by atoms with Crippen molar-refractivity contribution in [1.29, 1.82) is 0 Å². The highest BCUT2D eigenvalue weighted by molar-refractivity contribution is 5.24. The molecule has 1 aromatic carbocycles. The van der Waals surface area contributed by atoms with Crippen LogP contribution in [0.15, 0.2) is 24.3 Å². The molecule has 0 saturated heterocycles. The highest BCUT2D eigenvalue weighted by Gasteiger charge is 2.29. The topological polar surface area (TPSA) is 12.0 Å². The van der Waals surface area contributed by atoms with E-state index < -0.39 is 11.7 Å². The maximum Gasteiger partial charge on any atom is 0.416 e. The molecule has 4 heteroatoms. The first-order valence-corrected chi connectivity index (χ1v) is 6.36. The normalized spacial score (nSPS) is 13.6. The lowest BCUT2D eigenvalue weighted by atomic mass is 10.1. The Kier molecular flexibility index (Phi) is 5.66. The fraction of sp³-hybridized carbons (Fsp3) is 0.571. The van der Waals surface area contributed by atoms with Crippen molar-refractivity contribution < 1.29 is 13.2 Å². The summed E-state index contributed by atoms with van der Waals surface area (Å²) >= 11 is 0. The minimum absolute atomic E-state index is 0.442. The monoisotopic (exact) mass is 259 g/mol. The quantitative estimate of drug-likeness (QED) is 0.799. The van der Waals surface area contributed by atoms with Crippen LogP contribution in [0.2, 0.25) is 0 Å². The van der Waals surface area contributed by atoms with Gasteiger partial charge in [-0.05, 0) is 30.5 Å². The third-order valence-electron chi connectivity index (χ3n) is 3.01. The molecular weight excluding hydrogens is 239 g/mol. The highest BCUT2D eigenvalue weighted by atomic mass is 19.4. The summed E-state index contributed by atoms with van der Waals surface area (Å²) in [5.74, 6) is 0. The zero-order valence-corrected chi connectivity index (χ0v) is 10.8. The van der Waals surface area contributed by atoms with E-state index in [9.17, 15) is 13.2 Å². The summed E-state index contributed by atoms with van der Waals surface area (Å²) in [6, 6.07) is 5.79. The predicted octanol–water partition coefficient (Wildman–Crippen LogP) is 4.37. The van der Waals surface area contributed by atoms with Crippen molar-refractivity contribution in [2.75, 3.05) is 0 Å². The molecule has 0 saturated carbocycles. The van der Waals surface area contributed by atoms with Crippen molar-refractivity contribution in [2.45, 2.75) is 51.9 Å². The molecule has 0 aromatic heterocycles. The van der Waals surface area contributed by atoms with E-state index in [4.69, 9.17) is 0 Å². The zero-order chi connectivity index (χ0) is 13.6. The van der Waals surface area contributed by atoms with Crippen LogP contribution in [0.1, 0.15) is 44.2 Å². The van der Waals surface area contributed by atoms with Gasteiger partial charge in [0.1, 0.15) is 0 Å². The molecule has 0 amide bonds. The average molecular weight is 259 g/mol. The molecule has 1 rings (SSSR count). The van der Waals surface area contributed by atoms with E-state index in [0.29, 0.717) is 12.6 Å². The first kappa shape index (κ1) is 15.0. The van der Waals surface area contributed by atoms with E-state index in [0.717, 1.165) is 37.0 Å². The van der Waals surface area contributed by atoms with E-state index in [-0.39, 0.29) is 0 Å². The molecule has 0 heterocycles. The van der Waals surface area contributed by atoms with Gasteiger partial charge < -0.3 is 5.32 Å². The van der Waals surface area contributed by atoms with Gasteiger partial charge >= 0.3 is 6.18 Å². The van der Waals surface area contributed by atoms with Gasteiger partial charge in [0.05, 0.1) is 5.56 Å². The molecule has 0 aliphatic rings. The Morgan fingerprint density at radius 3 is 2.17 bits per heavy atom. The van der Waals surface area contributed by atoms with E-state index in [1.54, 1.807) is 0 Å². The number of hydrogen-bond acceptors (Lipinski definition) is 1. The van der Waals surface area contributed by atoms with E-state index >= 15 is 0 Å². The van der Waals surface area contributed by atoms with Crippen LogP contribution >= 0.6 is 0 Å². The van der Waals surface area contributed by atoms with Crippen LogP contribution in [0.3, 0.4) is 0 Å². The second-order valence-corrected chi connectivity index (χ2v) is 4.47. The summed E-state index contributed by atoms with van der Waals surface area (Å²) in [6.45, 7) is 4.86. The van der Waals surface area contributed by atoms with Gasteiger partial charge in [0.25, 0.3) is 0 Å². The standard InChI is InChI=1S/C14H20F3N/c1-3-5-13(4-2)18-10-11-6-8-12(9-7-11)14(15,16)17/h6-9,13,18H,3-5,10H2,1-2H3. The summed E-state index contributed by atoms with van der Waals surface area (Å²) in [5, 5.41) is 3.36. The number of benzene rings is 1. The largest absolute Gasteiger partial charge is 0.416 e. The Bertz CT molecular complexity index is 343. The van der Waals surface area contributed by atoms with Crippen molar-refractivity contribution in [3.63, 3.8) is 0 Å². The fourth-order valence-electron chi connectivity index (χ4n) is 1.87. The van der Waals surface area contributed by atoms with Gasteiger partial charge in [-0.1, -0.05) is 32.4 Å². The SMILES string of the molecule is CCCC(CC)NCc1ccc(C(F)(F)F)cc1. The Hall–Kier alpha value is -1.03. The fourth-order valence-corrected chi connectivity index (χ4v) is 1.87. The minimum atomic E-state index is -4.25. The van der Waals surface area contributed by atoms with Crippen LogP contribution in [0.5, 0.6) is 0 Å². The lowest BCUT2D eigenvalue weighted by Crippen LogP contribution is -2.27. The van der Waals surface area contributed by atoms with Gasteiger partial charge in [-0.25, -0.2) is 0 Å². The van der Waals surface area contributed by atoms with Crippen LogP contribution in [0.4, 0.5) is 13.2 Å². The van der Waals surface area contributed by atoms with E-state index in [1.807, 2.05) is 0 Å². The Morgan fingerprint density at radius 1 is 1.11 bits per heavy atom. The van der Waals surface area contributed by atoms with Gasteiger partial charge in [0, 0.05) is 12.6 Å². The molecule has 1 aromatic rings. The molecule has 18 heavy (non-hydrogen) atoms. The first-order valence-electron chi connectivity index (χ1n) is 6.36. The molecule has 1 N–H and O–H groups in total. The summed E-state index contributed by atoms with van der Waals surface area (Å²) in [4.78, 5) is 0. The number of halogens is 3. The molecule has 0 aliphatic heterocycles. The number of hydrogen-bond donors (Lipinski definition) is 1. The van der Waals surface area contributed by atoms with Crippen LogP contribution in [0, 0.1) is 0 Å². The Morgan fingerprint density at radius 2 is 1.72 bits per heavy atom. The van der Waals surface area contributed by atoms with Gasteiger partial charge in [-0.2, -0.15) is 13.2 Å². The molecule has 1 atom stereocenters. The number of rotatable bonds is 6. The smallest absolute Gasteiger partial charge is 0.310 e. The van der Waals surface area contributed by atoms with E-state index in [1.165, 1.54) is 12.1 Å². The molecular formula is C14H20F3N. The second kappa shape index (κ2) is 6.78. The second-order valence-electron chi connectivity index (χ2n) is 4.47. The molecule has 0 bridgehead atoms. The Labute approximate surface area is 106 Å².